The normalized spacial score (nSPS) is 12.2. The number of rotatable bonds is 5. The maximum absolute atomic E-state index is 11.8. The van der Waals surface area contributed by atoms with Crippen LogP contribution >= 0.6 is 22.9 Å². The van der Waals surface area contributed by atoms with Crippen molar-refractivity contribution < 1.29 is 9.90 Å². The van der Waals surface area contributed by atoms with E-state index in [-0.39, 0.29) is 5.91 Å². The third kappa shape index (κ3) is 4.07. The van der Waals surface area contributed by atoms with E-state index in [0.717, 1.165) is 11.1 Å². The average Bonchev–Trinajstić information content (AvgIpc) is 2.85. The molecule has 1 atom stereocenters. The largest absolute Gasteiger partial charge is 0.388 e. The Labute approximate surface area is 127 Å². The highest BCUT2D eigenvalue weighted by molar-refractivity contribution is 7.12. The Morgan fingerprint density at radius 2 is 2.25 bits per heavy atom. The minimum absolute atomic E-state index is 0.0959. The van der Waals surface area contributed by atoms with Crippen molar-refractivity contribution >= 4 is 28.8 Å². The van der Waals surface area contributed by atoms with Gasteiger partial charge in [0.25, 0.3) is 5.91 Å². The van der Waals surface area contributed by atoms with Crippen LogP contribution in [0, 0.1) is 6.92 Å². The second-order valence-corrected chi connectivity index (χ2v) is 5.95. The molecule has 1 heterocycles. The Morgan fingerprint density at radius 1 is 1.45 bits per heavy atom. The van der Waals surface area contributed by atoms with Gasteiger partial charge in [-0.2, -0.15) is 0 Å². The summed E-state index contributed by atoms with van der Waals surface area (Å²) in [5.74, 6) is -0.0959. The van der Waals surface area contributed by atoms with Crippen molar-refractivity contribution in [1.82, 2.24) is 5.32 Å². The lowest BCUT2D eigenvalue weighted by molar-refractivity contribution is 0.0946. The van der Waals surface area contributed by atoms with Gasteiger partial charge in [0.1, 0.15) is 0 Å². The molecule has 106 valence electrons. The molecule has 0 fully saturated rings. The number of carbonyl (C=O) groups excluding carboxylic acids is 1. The SMILES string of the molecule is Cc1csc(C(=O)NCCC(O)c2cccc(Cl)c2)c1. The topological polar surface area (TPSA) is 49.3 Å². The fourth-order valence-corrected chi connectivity index (χ4v) is 2.85. The molecular formula is C15H16ClNO2S. The molecular weight excluding hydrogens is 294 g/mol. The Hall–Kier alpha value is -1.36. The summed E-state index contributed by atoms with van der Waals surface area (Å²) in [5, 5.41) is 15.4. The van der Waals surface area contributed by atoms with Crippen molar-refractivity contribution in [3.05, 3.63) is 56.7 Å². The molecule has 0 saturated heterocycles. The summed E-state index contributed by atoms with van der Waals surface area (Å²) in [6, 6.07) is 8.97. The predicted molar refractivity (Wildman–Crippen MR) is 82.4 cm³/mol. The zero-order valence-electron chi connectivity index (χ0n) is 11.1. The minimum Gasteiger partial charge on any atom is -0.388 e. The number of nitrogens with one attached hydrogen (secondary N) is 1. The number of amides is 1. The third-order valence-electron chi connectivity index (χ3n) is 2.89. The third-order valence-corrected chi connectivity index (χ3v) is 4.17. The van der Waals surface area contributed by atoms with E-state index in [1.165, 1.54) is 11.3 Å². The highest BCUT2D eigenvalue weighted by atomic mass is 35.5. The van der Waals surface area contributed by atoms with E-state index in [9.17, 15) is 9.90 Å². The second kappa shape index (κ2) is 6.88. The average molecular weight is 310 g/mol. The van der Waals surface area contributed by atoms with Crippen LogP contribution in [0.15, 0.2) is 35.7 Å². The van der Waals surface area contributed by atoms with Crippen molar-refractivity contribution in [3.8, 4) is 0 Å². The van der Waals surface area contributed by atoms with E-state index in [2.05, 4.69) is 5.32 Å². The zero-order valence-corrected chi connectivity index (χ0v) is 12.7. The first-order valence-corrected chi connectivity index (χ1v) is 7.59. The van der Waals surface area contributed by atoms with Crippen LogP contribution in [-0.4, -0.2) is 17.6 Å². The van der Waals surface area contributed by atoms with E-state index >= 15 is 0 Å². The van der Waals surface area contributed by atoms with Gasteiger partial charge in [0.2, 0.25) is 0 Å². The maximum Gasteiger partial charge on any atom is 0.261 e. The number of aliphatic hydroxyl groups is 1. The Balaban J connectivity index is 1.82. The summed E-state index contributed by atoms with van der Waals surface area (Å²) in [4.78, 5) is 12.5. The molecule has 2 aromatic rings. The lowest BCUT2D eigenvalue weighted by atomic mass is 10.1. The first kappa shape index (κ1) is 15.0. The highest BCUT2D eigenvalue weighted by Crippen LogP contribution is 2.20. The van der Waals surface area contributed by atoms with E-state index in [1.807, 2.05) is 24.4 Å². The number of hydrogen-bond acceptors (Lipinski definition) is 3. The van der Waals surface area contributed by atoms with E-state index in [0.29, 0.717) is 22.9 Å². The van der Waals surface area contributed by atoms with Crippen molar-refractivity contribution in [2.45, 2.75) is 19.4 Å². The lowest BCUT2D eigenvalue weighted by Crippen LogP contribution is -2.24. The van der Waals surface area contributed by atoms with Crippen LogP contribution in [-0.2, 0) is 0 Å². The summed E-state index contributed by atoms with van der Waals surface area (Å²) in [6.07, 6.45) is -0.171. The smallest absolute Gasteiger partial charge is 0.261 e. The second-order valence-electron chi connectivity index (χ2n) is 4.60. The van der Waals surface area contributed by atoms with Crippen LogP contribution in [0.1, 0.15) is 33.3 Å². The molecule has 5 heteroatoms. The van der Waals surface area contributed by atoms with Crippen molar-refractivity contribution in [3.63, 3.8) is 0 Å². The van der Waals surface area contributed by atoms with Crippen LogP contribution in [0.25, 0.3) is 0 Å². The van der Waals surface area contributed by atoms with Crippen LogP contribution in [0.4, 0.5) is 0 Å². The van der Waals surface area contributed by atoms with Gasteiger partial charge < -0.3 is 10.4 Å². The van der Waals surface area contributed by atoms with Gasteiger partial charge in [0.05, 0.1) is 11.0 Å². The summed E-state index contributed by atoms with van der Waals surface area (Å²) in [5.41, 5.74) is 1.85. The molecule has 0 radical (unpaired) electrons. The highest BCUT2D eigenvalue weighted by Gasteiger charge is 2.10. The molecule has 1 unspecified atom stereocenters. The van der Waals surface area contributed by atoms with Gasteiger partial charge in [0.15, 0.2) is 0 Å². The predicted octanol–water partition coefficient (Wildman–Crippen LogP) is 3.56. The van der Waals surface area contributed by atoms with Crippen LogP contribution in [0.3, 0.4) is 0 Å². The fraction of sp³-hybridized carbons (Fsp3) is 0.267. The summed E-state index contributed by atoms with van der Waals surface area (Å²) >= 11 is 7.30. The summed E-state index contributed by atoms with van der Waals surface area (Å²) < 4.78 is 0. The number of halogens is 1. The molecule has 1 aromatic heterocycles. The molecule has 0 spiro atoms. The van der Waals surface area contributed by atoms with E-state index in [4.69, 9.17) is 11.6 Å². The van der Waals surface area contributed by atoms with Crippen LogP contribution < -0.4 is 5.32 Å². The molecule has 1 aromatic carbocycles. The Bertz CT molecular complexity index is 597. The van der Waals surface area contributed by atoms with E-state index < -0.39 is 6.10 Å². The van der Waals surface area contributed by atoms with E-state index in [1.54, 1.807) is 18.2 Å². The lowest BCUT2D eigenvalue weighted by Gasteiger charge is -2.11. The molecule has 20 heavy (non-hydrogen) atoms. The van der Waals surface area contributed by atoms with Gasteiger partial charge >= 0.3 is 0 Å². The molecule has 0 aliphatic rings. The molecule has 0 bridgehead atoms. The van der Waals surface area contributed by atoms with Crippen molar-refractivity contribution in [1.29, 1.82) is 0 Å². The van der Waals surface area contributed by atoms with Crippen molar-refractivity contribution in [2.24, 2.45) is 0 Å². The summed E-state index contributed by atoms with van der Waals surface area (Å²) in [7, 11) is 0. The number of thiophene rings is 1. The van der Waals surface area contributed by atoms with Gasteiger partial charge in [-0.15, -0.1) is 11.3 Å². The van der Waals surface area contributed by atoms with Gasteiger partial charge in [-0.25, -0.2) is 0 Å². The number of hydrogen-bond donors (Lipinski definition) is 2. The Morgan fingerprint density at radius 3 is 2.90 bits per heavy atom. The first-order valence-electron chi connectivity index (χ1n) is 6.33. The quantitative estimate of drug-likeness (QED) is 0.887. The number of benzene rings is 1. The first-order chi connectivity index (χ1) is 9.56. The monoisotopic (exact) mass is 309 g/mol. The van der Waals surface area contributed by atoms with Crippen LogP contribution in [0.2, 0.25) is 5.02 Å². The minimum atomic E-state index is -0.626. The van der Waals surface area contributed by atoms with Gasteiger partial charge in [0, 0.05) is 11.6 Å². The standard InChI is InChI=1S/C15H16ClNO2S/c1-10-7-14(20-9-10)15(19)17-6-5-13(18)11-3-2-4-12(16)8-11/h2-4,7-9,13,18H,5-6H2,1H3,(H,17,19). The Kier molecular flexibility index (Phi) is 5.17. The van der Waals surface area contributed by atoms with Gasteiger partial charge in [-0.3, -0.25) is 4.79 Å². The van der Waals surface area contributed by atoms with Gasteiger partial charge in [-0.1, -0.05) is 23.7 Å². The number of aryl methyl sites for hydroxylation is 1. The molecule has 2 rings (SSSR count). The number of aliphatic hydroxyl groups excluding tert-OH is 1. The molecule has 3 nitrogen and oxygen atoms in total. The number of carbonyl (C=O) groups is 1. The van der Waals surface area contributed by atoms with Crippen molar-refractivity contribution in [2.75, 3.05) is 6.54 Å². The molecule has 0 saturated carbocycles. The van der Waals surface area contributed by atoms with Crippen LogP contribution in [0.5, 0.6) is 0 Å². The van der Waals surface area contributed by atoms with Gasteiger partial charge in [-0.05, 0) is 48.1 Å². The summed E-state index contributed by atoms with van der Waals surface area (Å²) in [6.45, 7) is 2.37. The molecule has 0 aliphatic carbocycles. The fourth-order valence-electron chi connectivity index (χ4n) is 1.84. The maximum atomic E-state index is 11.8. The molecule has 1 amide bonds. The molecule has 0 aliphatic heterocycles. The molecule has 2 N–H and O–H groups in total. The zero-order chi connectivity index (χ0) is 14.5.